The van der Waals surface area contributed by atoms with E-state index in [4.69, 9.17) is 5.73 Å². The first-order chi connectivity index (χ1) is 8.70. The van der Waals surface area contributed by atoms with E-state index in [2.05, 4.69) is 10.1 Å². The van der Waals surface area contributed by atoms with E-state index in [1.807, 2.05) is 16.8 Å². The van der Waals surface area contributed by atoms with Crippen molar-refractivity contribution < 1.29 is 5.11 Å². The molecule has 2 heterocycles. The SMILES string of the molecule is NC1CCc2nc(Cc3ccc(O)cc3)nn2C1. The Bertz CT molecular complexity index is 547. The highest BCUT2D eigenvalue weighted by atomic mass is 16.3. The third-order valence-electron chi connectivity index (χ3n) is 3.24. The maximum absolute atomic E-state index is 9.24. The lowest BCUT2D eigenvalue weighted by molar-refractivity contribution is 0.421. The van der Waals surface area contributed by atoms with Crippen molar-refractivity contribution in [2.75, 3.05) is 0 Å². The fourth-order valence-electron chi connectivity index (χ4n) is 2.26. The molecular formula is C13H16N4O. The van der Waals surface area contributed by atoms with E-state index in [0.717, 1.165) is 36.6 Å². The highest BCUT2D eigenvalue weighted by Gasteiger charge is 2.18. The smallest absolute Gasteiger partial charge is 0.155 e. The summed E-state index contributed by atoms with van der Waals surface area (Å²) >= 11 is 0. The molecule has 1 aromatic heterocycles. The minimum atomic E-state index is 0.195. The molecule has 5 heteroatoms. The third kappa shape index (κ3) is 2.22. The number of fused-ring (bicyclic) bond motifs is 1. The van der Waals surface area contributed by atoms with Crippen molar-refractivity contribution in [1.82, 2.24) is 14.8 Å². The van der Waals surface area contributed by atoms with Crippen molar-refractivity contribution in [3.63, 3.8) is 0 Å². The summed E-state index contributed by atoms with van der Waals surface area (Å²) in [6, 6.07) is 7.34. The molecule has 0 aliphatic carbocycles. The summed E-state index contributed by atoms with van der Waals surface area (Å²) in [4.78, 5) is 4.54. The van der Waals surface area contributed by atoms with E-state index < -0.39 is 0 Å². The Morgan fingerprint density at radius 1 is 1.33 bits per heavy atom. The molecular weight excluding hydrogens is 228 g/mol. The molecule has 5 nitrogen and oxygen atoms in total. The molecule has 3 rings (SSSR count). The summed E-state index contributed by atoms with van der Waals surface area (Å²) in [6.45, 7) is 0.762. The van der Waals surface area contributed by atoms with Gasteiger partial charge in [-0.3, -0.25) is 0 Å². The highest BCUT2D eigenvalue weighted by molar-refractivity contribution is 5.27. The molecule has 0 radical (unpaired) electrons. The average molecular weight is 244 g/mol. The van der Waals surface area contributed by atoms with Gasteiger partial charge in [-0.15, -0.1) is 0 Å². The number of aromatic hydroxyl groups is 1. The van der Waals surface area contributed by atoms with Gasteiger partial charge in [0.05, 0.1) is 6.54 Å². The summed E-state index contributed by atoms with van der Waals surface area (Å²) < 4.78 is 1.92. The molecule has 3 N–H and O–H groups in total. The van der Waals surface area contributed by atoms with Crippen molar-refractivity contribution in [1.29, 1.82) is 0 Å². The van der Waals surface area contributed by atoms with Crippen molar-refractivity contribution >= 4 is 0 Å². The summed E-state index contributed by atoms with van der Waals surface area (Å²) in [6.07, 6.45) is 2.58. The van der Waals surface area contributed by atoms with E-state index in [1.165, 1.54) is 0 Å². The lowest BCUT2D eigenvalue weighted by atomic mass is 10.1. The van der Waals surface area contributed by atoms with Gasteiger partial charge in [0.25, 0.3) is 0 Å². The van der Waals surface area contributed by atoms with Crippen LogP contribution < -0.4 is 5.73 Å². The lowest BCUT2D eigenvalue weighted by Crippen LogP contribution is -2.32. The topological polar surface area (TPSA) is 77.0 Å². The van der Waals surface area contributed by atoms with Crippen molar-refractivity contribution in [3.05, 3.63) is 41.5 Å². The molecule has 0 bridgehead atoms. The number of rotatable bonds is 2. The van der Waals surface area contributed by atoms with Gasteiger partial charge < -0.3 is 10.8 Å². The molecule has 1 unspecified atom stereocenters. The Hall–Kier alpha value is -1.88. The maximum Gasteiger partial charge on any atom is 0.155 e. The second-order valence-electron chi connectivity index (χ2n) is 4.77. The fraction of sp³-hybridized carbons (Fsp3) is 0.385. The largest absolute Gasteiger partial charge is 0.508 e. The van der Waals surface area contributed by atoms with Gasteiger partial charge in [0, 0.05) is 18.9 Å². The second kappa shape index (κ2) is 4.42. The van der Waals surface area contributed by atoms with Gasteiger partial charge in [0.15, 0.2) is 5.82 Å². The summed E-state index contributed by atoms with van der Waals surface area (Å²) in [7, 11) is 0. The quantitative estimate of drug-likeness (QED) is 0.821. The van der Waals surface area contributed by atoms with Crippen LogP contribution in [0.1, 0.15) is 23.6 Å². The number of aromatic nitrogens is 3. The fourth-order valence-corrected chi connectivity index (χ4v) is 2.26. The minimum absolute atomic E-state index is 0.195. The summed E-state index contributed by atoms with van der Waals surface area (Å²) in [5.74, 6) is 2.14. The molecule has 0 saturated heterocycles. The number of hydrogen-bond acceptors (Lipinski definition) is 4. The van der Waals surface area contributed by atoms with E-state index in [9.17, 15) is 5.11 Å². The molecule has 1 aliphatic heterocycles. The van der Waals surface area contributed by atoms with Gasteiger partial charge in [-0.05, 0) is 24.1 Å². The Labute approximate surface area is 105 Å². The summed E-state index contributed by atoms with van der Waals surface area (Å²) in [5.41, 5.74) is 7.01. The Morgan fingerprint density at radius 2 is 2.11 bits per heavy atom. The molecule has 0 amide bonds. The zero-order valence-corrected chi connectivity index (χ0v) is 10.1. The van der Waals surface area contributed by atoms with Crippen LogP contribution in [0.25, 0.3) is 0 Å². The zero-order valence-electron chi connectivity index (χ0n) is 10.1. The van der Waals surface area contributed by atoms with Crippen LogP contribution in [-0.4, -0.2) is 25.9 Å². The van der Waals surface area contributed by atoms with Gasteiger partial charge in [-0.25, -0.2) is 9.67 Å². The monoisotopic (exact) mass is 244 g/mol. The molecule has 94 valence electrons. The van der Waals surface area contributed by atoms with Crippen LogP contribution in [0.5, 0.6) is 5.75 Å². The standard InChI is InChI=1S/C13H16N4O/c14-10-3-6-13-15-12(16-17(13)8-10)7-9-1-4-11(18)5-2-9/h1-2,4-5,10,18H,3,6-8,14H2. The first kappa shape index (κ1) is 11.2. The number of benzene rings is 1. The van der Waals surface area contributed by atoms with Gasteiger partial charge in [0.2, 0.25) is 0 Å². The maximum atomic E-state index is 9.24. The molecule has 1 atom stereocenters. The average Bonchev–Trinajstić information content (AvgIpc) is 2.73. The molecule has 2 aromatic rings. The van der Waals surface area contributed by atoms with Crippen LogP contribution in [0.2, 0.25) is 0 Å². The lowest BCUT2D eigenvalue weighted by Gasteiger charge is -2.17. The molecule has 0 fully saturated rings. The molecule has 0 saturated carbocycles. The molecule has 18 heavy (non-hydrogen) atoms. The minimum Gasteiger partial charge on any atom is -0.508 e. The van der Waals surface area contributed by atoms with E-state index in [-0.39, 0.29) is 11.8 Å². The van der Waals surface area contributed by atoms with Crippen LogP contribution in [0, 0.1) is 0 Å². The number of aryl methyl sites for hydroxylation is 1. The van der Waals surface area contributed by atoms with Gasteiger partial charge >= 0.3 is 0 Å². The van der Waals surface area contributed by atoms with Crippen LogP contribution in [0.3, 0.4) is 0 Å². The predicted molar refractivity (Wildman–Crippen MR) is 67.2 cm³/mol. The molecule has 1 aliphatic rings. The van der Waals surface area contributed by atoms with Crippen LogP contribution in [0.4, 0.5) is 0 Å². The predicted octanol–water partition coefficient (Wildman–Crippen LogP) is 0.848. The van der Waals surface area contributed by atoms with Crippen molar-refractivity contribution in [2.45, 2.75) is 31.8 Å². The van der Waals surface area contributed by atoms with Gasteiger partial charge in [-0.1, -0.05) is 12.1 Å². The van der Waals surface area contributed by atoms with Crippen LogP contribution in [-0.2, 0) is 19.4 Å². The normalized spacial score (nSPS) is 18.6. The number of hydrogen-bond donors (Lipinski definition) is 2. The van der Waals surface area contributed by atoms with E-state index in [0.29, 0.717) is 6.42 Å². The van der Waals surface area contributed by atoms with Crippen molar-refractivity contribution in [2.24, 2.45) is 5.73 Å². The van der Waals surface area contributed by atoms with Crippen LogP contribution in [0.15, 0.2) is 24.3 Å². The van der Waals surface area contributed by atoms with Crippen molar-refractivity contribution in [3.8, 4) is 5.75 Å². The zero-order chi connectivity index (χ0) is 12.5. The Morgan fingerprint density at radius 3 is 2.89 bits per heavy atom. The Kier molecular flexibility index (Phi) is 2.76. The third-order valence-corrected chi connectivity index (χ3v) is 3.24. The first-order valence-corrected chi connectivity index (χ1v) is 6.17. The van der Waals surface area contributed by atoms with E-state index in [1.54, 1.807) is 12.1 Å². The number of nitrogens with zero attached hydrogens (tertiary/aromatic N) is 3. The first-order valence-electron chi connectivity index (χ1n) is 6.17. The number of nitrogens with two attached hydrogens (primary N) is 1. The Balaban J connectivity index is 1.79. The highest BCUT2D eigenvalue weighted by Crippen LogP contribution is 2.15. The second-order valence-corrected chi connectivity index (χ2v) is 4.77. The molecule has 0 spiro atoms. The number of phenolic OH excluding ortho intramolecular Hbond substituents is 1. The van der Waals surface area contributed by atoms with Gasteiger partial charge in [-0.2, -0.15) is 5.10 Å². The van der Waals surface area contributed by atoms with Crippen LogP contribution >= 0.6 is 0 Å². The van der Waals surface area contributed by atoms with E-state index >= 15 is 0 Å². The summed E-state index contributed by atoms with van der Waals surface area (Å²) in [5, 5.41) is 13.7. The number of phenols is 1. The molecule has 1 aromatic carbocycles. The van der Waals surface area contributed by atoms with Gasteiger partial charge in [0.1, 0.15) is 11.6 Å².